The summed E-state index contributed by atoms with van der Waals surface area (Å²) in [6, 6.07) is 13.1. The lowest BCUT2D eigenvalue weighted by Gasteiger charge is -2.25. The fraction of sp³-hybridized carbons (Fsp3) is 0.269. The van der Waals surface area contributed by atoms with Crippen molar-refractivity contribution in [3.8, 4) is 5.75 Å². The Morgan fingerprint density at radius 1 is 1.15 bits per heavy atom. The van der Waals surface area contributed by atoms with Crippen molar-refractivity contribution < 1.29 is 23.8 Å². The van der Waals surface area contributed by atoms with Crippen LogP contribution in [-0.2, 0) is 16.1 Å². The van der Waals surface area contributed by atoms with Gasteiger partial charge >= 0.3 is 0 Å². The van der Waals surface area contributed by atoms with Crippen molar-refractivity contribution in [2.45, 2.75) is 32.9 Å². The quantitative estimate of drug-likeness (QED) is 0.306. The molecule has 2 aromatic heterocycles. The summed E-state index contributed by atoms with van der Waals surface area (Å²) in [7, 11) is 0. The summed E-state index contributed by atoms with van der Waals surface area (Å²) in [6.07, 6.45) is 5.46. The number of hydrogen-bond donors (Lipinski definition) is 1. The Hall–Kier alpha value is -3.87. The molecule has 3 heterocycles. The highest BCUT2D eigenvalue weighted by molar-refractivity contribution is 6.46. The van der Waals surface area contributed by atoms with Crippen LogP contribution in [0.5, 0.6) is 5.75 Å². The molecule has 0 saturated carbocycles. The summed E-state index contributed by atoms with van der Waals surface area (Å²) in [6.45, 7) is 4.90. The number of carbonyl (C=O) groups excluding carboxylic acids is 2. The van der Waals surface area contributed by atoms with Crippen LogP contribution in [0.1, 0.15) is 43.2 Å². The summed E-state index contributed by atoms with van der Waals surface area (Å²) in [4.78, 5) is 31.5. The lowest BCUT2D eigenvalue weighted by molar-refractivity contribution is -0.140. The smallest absolute Gasteiger partial charge is 0.296 e. The molecule has 1 fully saturated rings. The Bertz CT molecular complexity index is 1150. The lowest BCUT2D eigenvalue weighted by atomic mass is 9.95. The molecule has 1 saturated heterocycles. The molecule has 1 N–H and O–H groups in total. The predicted octanol–water partition coefficient (Wildman–Crippen LogP) is 4.72. The molecule has 33 heavy (non-hydrogen) atoms. The van der Waals surface area contributed by atoms with Gasteiger partial charge in [0.15, 0.2) is 0 Å². The fourth-order valence-electron chi connectivity index (χ4n) is 3.81. The third kappa shape index (κ3) is 4.82. The standard InChI is InChI=1S/C26H26N2O5/c1-17(2)10-14-33-20-6-3-5-19(15-20)23-22(24(29)18-8-11-27-12-9-18)25(30)26(31)28(23)16-21-7-4-13-32-21/h3-9,11-13,15,17,23,29H,10,14,16H2,1-2H3. The van der Waals surface area contributed by atoms with Crippen molar-refractivity contribution in [1.82, 2.24) is 9.88 Å². The topological polar surface area (TPSA) is 92.9 Å². The van der Waals surface area contributed by atoms with Crippen LogP contribution in [-0.4, -0.2) is 33.3 Å². The first kappa shape index (κ1) is 22.3. The van der Waals surface area contributed by atoms with Gasteiger partial charge in [0.2, 0.25) is 0 Å². The largest absolute Gasteiger partial charge is 0.507 e. The molecule has 3 aromatic rings. The van der Waals surface area contributed by atoms with E-state index >= 15 is 0 Å². The van der Waals surface area contributed by atoms with Crippen LogP contribution < -0.4 is 4.74 Å². The van der Waals surface area contributed by atoms with Crippen LogP contribution >= 0.6 is 0 Å². The second-order valence-corrected chi connectivity index (χ2v) is 8.35. The average molecular weight is 447 g/mol. The van der Waals surface area contributed by atoms with E-state index in [9.17, 15) is 14.7 Å². The number of Topliss-reactive ketones (excluding diaryl/α,β-unsaturated/α-hetero) is 1. The highest BCUT2D eigenvalue weighted by Crippen LogP contribution is 2.41. The molecular formula is C26H26N2O5. The van der Waals surface area contributed by atoms with Gasteiger partial charge in [-0.2, -0.15) is 0 Å². The second-order valence-electron chi connectivity index (χ2n) is 8.35. The summed E-state index contributed by atoms with van der Waals surface area (Å²) < 4.78 is 11.3. The van der Waals surface area contributed by atoms with Gasteiger partial charge in [0.05, 0.1) is 31.0 Å². The van der Waals surface area contributed by atoms with Crippen molar-refractivity contribution >= 4 is 17.4 Å². The third-order valence-corrected chi connectivity index (χ3v) is 5.54. The zero-order chi connectivity index (χ0) is 23.4. The Kier molecular flexibility index (Phi) is 6.58. The highest BCUT2D eigenvalue weighted by Gasteiger charge is 2.46. The molecule has 7 nitrogen and oxygen atoms in total. The van der Waals surface area contributed by atoms with E-state index in [1.54, 1.807) is 24.3 Å². The van der Waals surface area contributed by atoms with Crippen molar-refractivity contribution in [3.63, 3.8) is 0 Å². The number of pyridine rings is 1. The minimum Gasteiger partial charge on any atom is -0.507 e. The Labute approximate surface area is 192 Å². The maximum Gasteiger partial charge on any atom is 0.296 e. The molecule has 1 aromatic carbocycles. The summed E-state index contributed by atoms with van der Waals surface area (Å²) in [5.74, 6) is 0.00336. The van der Waals surface area contributed by atoms with Crippen molar-refractivity contribution in [2.75, 3.05) is 6.61 Å². The molecule has 1 amide bonds. The van der Waals surface area contributed by atoms with Gasteiger partial charge in [0.25, 0.3) is 11.7 Å². The first-order chi connectivity index (χ1) is 16.0. The third-order valence-electron chi connectivity index (χ3n) is 5.54. The van der Waals surface area contributed by atoms with E-state index in [4.69, 9.17) is 9.15 Å². The number of hydrogen-bond acceptors (Lipinski definition) is 6. The maximum absolute atomic E-state index is 13.1. The zero-order valence-corrected chi connectivity index (χ0v) is 18.6. The number of carbonyl (C=O) groups is 2. The average Bonchev–Trinajstić information content (AvgIpc) is 3.41. The fourth-order valence-corrected chi connectivity index (χ4v) is 3.81. The first-order valence-electron chi connectivity index (χ1n) is 10.9. The van der Waals surface area contributed by atoms with Crippen LogP contribution in [0.2, 0.25) is 0 Å². The molecule has 0 spiro atoms. The first-order valence-corrected chi connectivity index (χ1v) is 10.9. The van der Waals surface area contributed by atoms with Crippen molar-refractivity contribution in [1.29, 1.82) is 0 Å². The number of ketones is 1. The molecule has 1 atom stereocenters. The number of nitrogens with zero attached hydrogens (tertiary/aromatic N) is 2. The van der Waals surface area contributed by atoms with Crippen LogP contribution in [0.4, 0.5) is 0 Å². The normalized spacial score (nSPS) is 17.7. The van der Waals surface area contributed by atoms with Crippen LogP contribution in [0.3, 0.4) is 0 Å². The van der Waals surface area contributed by atoms with Gasteiger partial charge in [-0.25, -0.2) is 0 Å². The van der Waals surface area contributed by atoms with Crippen LogP contribution in [0.15, 0.2) is 77.2 Å². The highest BCUT2D eigenvalue weighted by atomic mass is 16.5. The van der Waals surface area contributed by atoms with E-state index < -0.39 is 17.7 Å². The van der Waals surface area contributed by atoms with Gasteiger partial charge in [-0.15, -0.1) is 0 Å². The van der Waals surface area contributed by atoms with Crippen LogP contribution in [0.25, 0.3) is 5.76 Å². The Balaban J connectivity index is 1.77. The molecule has 1 aliphatic heterocycles. The number of benzene rings is 1. The molecule has 0 radical (unpaired) electrons. The lowest BCUT2D eigenvalue weighted by Crippen LogP contribution is -2.29. The number of aromatic nitrogens is 1. The van der Waals surface area contributed by atoms with Crippen molar-refractivity contribution in [2.24, 2.45) is 5.92 Å². The number of ether oxygens (including phenoxy) is 1. The van der Waals surface area contributed by atoms with E-state index in [0.717, 1.165) is 6.42 Å². The van der Waals surface area contributed by atoms with E-state index in [1.807, 2.05) is 24.3 Å². The Morgan fingerprint density at radius 2 is 1.94 bits per heavy atom. The van der Waals surface area contributed by atoms with Gasteiger partial charge in [-0.05, 0) is 54.3 Å². The van der Waals surface area contributed by atoms with Gasteiger partial charge in [0.1, 0.15) is 17.3 Å². The minimum absolute atomic E-state index is 0.0251. The number of aliphatic hydroxyl groups excluding tert-OH is 1. The molecule has 0 bridgehead atoms. The van der Waals surface area contributed by atoms with Gasteiger partial charge < -0.3 is 19.2 Å². The van der Waals surface area contributed by atoms with E-state index in [1.165, 1.54) is 23.6 Å². The molecule has 7 heteroatoms. The summed E-state index contributed by atoms with van der Waals surface area (Å²) in [5, 5.41) is 11.1. The molecule has 1 aliphatic rings. The molecular weight excluding hydrogens is 420 g/mol. The number of rotatable bonds is 8. The van der Waals surface area contributed by atoms with Crippen LogP contribution in [0, 0.1) is 5.92 Å². The predicted molar refractivity (Wildman–Crippen MR) is 122 cm³/mol. The molecule has 4 rings (SSSR count). The van der Waals surface area contributed by atoms with Crippen molar-refractivity contribution in [3.05, 3.63) is 89.6 Å². The minimum atomic E-state index is -0.795. The zero-order valence-electron chi connectivity index (χ0n) is 18.6. The Morgan fingerprint density at radius 3 is 2.64 bits per heavy atom. The molecule has 170 valence electrons. The van der Waals surface area contributed by atoms with E-state index in [2.05, 4.69) is 18.8 Å². The number of likely N-dealkylation sites (tertiary alicyclic amines) is 1. The van der Waals surface area contributed by atoms with E-state index in [0.29, 0.717) is 35.2 Å². The van der Waals surface area contributed by atoms with Gasteiger partial charge in [0, 0.05) is 18.0 Å². The monoisotopic (exact) mass is 446 g/mol. The van der Waals surface area contributed by atoms with E-state index in [-0.39, 0.29) is 17.9 Å². The van der Waals surface area contributed by atoms with Gasteiger partial charge in [-0.3, -0.25) is 14.6 Å². The molecule has 1 unspecified atom stereocenters. The van der Waals surface area contributed by atoms with Gasteiger partial charge in [-0.1, -0.05) is 26.0 Å². The SMILES string of the molecule is CC(C)CCOc1cccc(C2C(=C(O)c3ccncc3)C(=O)C(=O)N2Cc2ccco2)c1. The number of amides is 1. The number of furan rings is 1. The second kappa shape index (κ2) is 9.73. The molecule has 0 aliphatic carbocycles. The summed E-state index contributed by atoms with van der Waals surface area (Å²) in [5.41, 5.74) is 1.10. The maximum atomic E-state index is 13.1. The number of aliphatic hydroxyl groups is 1. The summed E-state index contributed by atoms with van der Waals surface area (Å²) >= 11 is 0.